The van der Waals surface area contributed by atoms with E-state index in [-0.39, 0.29) is 24.0 Å². The summed E-state index contributed by atoms with van der Waals surface area (Å²) in [6.07, 6.45) is -0.469. The van der Waals surface area contributed by atoms with Crippen molar-refractivity contribution in [2.75, 3.05) is 11.9 Å². The van der Waals surface area contributed by atoms with Crippen LogP contribution < -0.4 is 16.4 Å². The second-order valence-corrected chi connectivity index (χ2v) is 7.71. The number of hydrogen-bond donors (Lipinski definition) is 3. The molecule has 0 atom stereocenters. The van der Waals surface area contributed by atoms with Gasteiger partial charge in [0.1, 0.15) is 5.60 Å². The molecule has 142 valence electrons. The molecule has 4 N–H and O–H groups in total. The number of aryl methyl sites for hydroxylation is 2. The van der Waals surface area contributed by atoms with E-state index in [0.29, 0.717) is 12.5 Å². The van der Waals surface area contributed by atoms with Crippen molar-refractivity contribution >= 4 is 41.7 Å². The van der Waals surface area contributed by atoms with Crippen molar-refractivity contribution in [3.05, 3.63) is 29.3 Å². The van der Waals surface area contributed by atoms with Crippen LogP contribution in [0, 0.1) is 13.8 Å². The molecular weight excluding hydrogens is 431 g/mol. The van der Waals surface area contributed by atoms with Gasteiger partial charge in [-0.2, -0.15) is 0 Å². The third kappa shape index (κ3) is 10.2. The van der Waals surface area contributed by atoms with Crippen molar-refractivity contribution in [2.45, 2.75) is 59.6 Å². The van der Waals surface area contributed by atoms with Crippen molar-refractivity contribution < 1.29 is 9.53 Å². The molecule has 0 fully saturated rings. The summed E-state index contributed by atoms with van der Waals surface area (Å²) >= 11 is 0. The number of rotatable bonds is 4. The predicted molar refractivity (Wildman–Crippen MR) is 115 cm³/mol. The Balaban J connectivity index is 0.00000576. The van der Waals surface area contributed by atoms with Crippen LogP contribution in [0.1, 0.15) is 45.7 Å². The standard InChI is InChI=1S/C18H30N4O2.HI/c1-12-8-13(2)10-14(9-12)21-15(19)20-11-18(6,7)22-16(23)24-17(3,4)5;/h8-10H,11H2,1-7H3,(H,22,23)(H3,19,20,21);1H. The predicted octanol–water partition coefficient (Wildman–Crippen LogP) is 3.95. The molecule has 0 aliphatic heterocycles. The molecule has 0 spiro atoms. The highest BCUT2D eigenvalue weighted by molar-refractivity contribution is 14.0. The van der Waals surface area contributed by atoms with E-state index in [1.165, 1.54) is 0 Å². The van der Waals surface area contributed by atoms with Gasteiger partial charge >= 0.3 is 6.09 Å². The van der Waals surface area contributed by atoms with Gasteiger partial charge in [0.15, 0.2) is 5.96 Å². The average Bonchev–Trinajstić information content (AvgIpc) is 2.32. The molecule has 1 aromatic rings. The maximum absolute atomic E-state index is 11.9. The minimum Gasteiger partial charge on any atom is -0.444 e. The summed E-state index contributed by atoms with van der Waals surface area (Å²) in [4.78, 5) is 16.2. The number of guanidine groups is 1. The zero-order chi connectivity index (χ0) is 18.5. The molecule has 0 aliphatic rings. The number of carbonyl (C=O) groups is 1. The third-order valence-electron chi connectivity index (χ3n) is 2.98. The Labute approximate surface area is 168 Å². The van der Waals surface area contributed by atoms with Crippen molar-refractivity contribution in [1.29, 1.82) is 0 Å². The van der Waals surface area contributed by atoms with Crippen LogP contribution in [0.4, 0.5) is 10.5 Å². The van der Waals surface area contributed by atoms with Crippen LogP contribution in [0.5, 0.6) is 0 Å². The summed E-state index contributed by atoms with van der Waals surface area (Å²) < 4.78 is 5.26. The quantitative estimate of drug-likeness (QED) is 0.359. The van der Waals surface area contributed by atoms with Crippen molar-refractivity contribution in [1.82, 2.24) is 5.32 Å². The molecule has 0 unspecified atom stereocenters. The van der Waals surface area contributed by atoms with E-state index >= 15 is 0 Å². The van der Waals surface area contributed by atoms with Gasteiger partial charge in [0.25, 0.3) is 0 Å². The second kappa shape index (κ2) is 9.26. The lowest BCUT2D eigenvalue weighted by molar-refractivity contribution is 0.0476. The minimum atomic E-state index is -0.572. The Kier molecular flexibility index (Phi) is 8.70. The van der Waals surface area contributed by atoms with Gasteiger partial charge < -0.3 is 21.1 Å². The topological polar surface area (TPSA) is 88.7 Å². The molecular formula is C18H31IN4O2. The van der Waals surface area contributed by atoms with E-state index in [1.807, 2.05) is 60.6 Å². The number of benzene rings is 1. The molecule has 7 heteroatoms. The Morgan fingerprint density at radius 1 is 1.12 bits per heavy atom. The molecule has 0 radical (unpaired) electrons. The molecule has 1 amide bonds. The number of hydrogen-bond acceptors (Lipinski definition) is 3. The van der Waals surface area contributed by atoms with Crippen LogP contribution in [-0.4, -0.2) is 29.7 Å². The molecule has 0 heterocycles. The zero-order valence-corrected chi connectivity index (χ0v) is 18.5. The highest BCUT2D eigenvalue weighted by Crippen LogP contribution is 2.14. The molecule has 0 saturated heterocycles. The fourth-order valence-corrected chi connectivity index (χ4v) is 2.14. The first-order valence-electron chi connectivity index (χ1n) is 8.03. The van der Waals surface area contributed by atoms with Gasteiger partial charge in [-0.15, -0.1) is 24.0 Å². The van der Waals surface area contributed by atoms with Crippen molar-refractivity contribution in [3.63, 3.8) is 0 Å². The smallest absolute Gasteiger partial charge is 0.408 e. The van der Waals surface area contributed by atoms with E-state index in [0.717, 1.165) is 16.8 Å². The molecule has 25 heavy (non-hydrogen) atoms. The summed E-state index contributed by atoms with van der Waals surface area (Å²) in [5, 5.41) is 5.87. The lowest BCUT2D eigenvalue weighted by Gasteiger charge is -2.27. The number of nitrogens with one attached hydrogen (secondary N) is 2. The monoisotopic (exact) mass is 462 g/mol. The first kappa shape index (κ1) is 23.5. The Morgan fingerprint density at radius 3 is 2.12 bits per heavy atom. The van der Waals surface area contributed by atoms with Crippen LogP contribution in [0.15, 0.2) is 23.2 Å². The number of nitrogens with two attached hydrogens (primary N) is 1. The van der Waals surface area contributed by atoms with E-state index in [1.54, 1.807) is 0 Å². The molecule has 0 aliphatic carbocycles. The lowest BCUT2D eigenvalue weighted by Crippen LogP contribution is -2.48. The Morgan fingerprint density at radius 2 is 1.64 bits per heavy atom. The SMILES string of the molecule is Cc1cc(C)cc(NC(N)=NCC(C)(C)NC(=O)OC(C)(C)C)c1.I. The number of ether oxygens (including phenoxy) is 1. The zero-order valence-electron chi connectivity index (χ0n) is 16.2. The fraction of sp³-hybridized carbons (Fsp3) is 0.556. The van der Waals surface area contributed by atoms with Crippen LogP contribution in [0.25, 0.3) is 0 Å². The number of halogens is 1. The molecule has 1 aromatic carbocycles. The average molecular weight is 462 g/mol. The van der Waals surface area contributed by atoms with E-state index in [2.05, 4.69) is 21.7 Å². The molecule has 6 nitrogen and oxygen atoms in total. The van der Waals surface area contributed by atoms with Crippen LogP contribution in [0.2, 0.25) is 0 Å². The molecule has 1 rings (SSSR count). The molecule has 0 saturated carbocycles. The normalized spacial score (nSPS) is 12.2. The molecule has 0 aromatic heterocycles. The number of anilines is 1. The minimum absolute atomic E-state index is 0. The van der Waals surface area contributed by atoms with Gasteiger partial charge in [-0.3, -0.25) is 4.99 Å². The summed E-state index contributed by atoms with van der Waals surface area (Å²) in [7, 11) is 0. The van der Waals surface area contributed by atoms with Gasteiger partial charge in [0.2, 0.25) is 0 Å². The number of alkyl carbamates (subject to hydrolysis) is 1. The van der Waals surface area contributed by atoms with Gasteiger partial charge in [-0.1, -0.05) is 6.07 Å². The number of carbonyl (C=O) groups excluding carboxylic acids is 1. The third-order valence-corrected chi connectivity index (χ3v) is 2.98. The van der Waals surface area contributed by atoms with Gasteiger partial charge in [0, 0.05) is 5.69 Å². The summed E-state index contributed by atoms with van der Waals surface area (Å²) in [6.45, 7) is 13.6. The first-order chi connectivity index (χ1) is 10.9. The summed E-state index contributed by atoms with van der Waals surface area (Å²) in [6, 6.07) is 6.09. The maximum atomic E-state index is 11.9. The van der Waals surface area contributed by atoms with Crippen molar-refractivity contribution in [3.8, 4) is 0 Å². The summed E-state index contributed by atoms with van der Waals surface area (Å²) in [5.41, 5.74) is 8.03. The van der Waals surface area contributed by atoms with Crippen LogP contribution in [0.3, 0.4) is 0 Å². The van der Waals surface area contributed by atoms with E-state index in [9.17, 15) is 4.79 Å². The Bertz CT molecular complexity index is 602. The second-order valence-electron chi connectivity index (χ2n) is 7.71. The first-order valence-corrected chi connectivity index (χ1v) is 8.03. The van der Waals surface area contributed by atoms with E-state index < -0.39 is 17.2 Å². The number of amides is 1. The Hall–Kier alpha value is -1.51. The summed E-state index contributed by atoms with van der Waals surface area (Å²) in [5.74, 6) is 0.305. The van der Waals surface area contributed by atoms with E-state index in [4.69, 9.17) is 10.5 Å². The van der Waals surface area contributed by atoms with Crippen LogP contribution in [-0.2, 0) is 4.74 Å². The molecule has 0 bridgehead atoms. The fourth-order valence-electron chi connectivity index (χ4n) is 2.14. The lowest BCUT2D eigenvalue weighted by atomic mass is 10.1. The van der Waals surface area contributed by atoms with Gasteiger partial charge in [-0.05, 0) is 71.7 Å². The number of aliphatic imine (C=N–C) groups is 1. The van der Waals surface area contributed by atoms with Gasteiger partial charge in [0.05, 0.1) is 12.1 Å². The largest absolute Gasteiger partial charge is 0.444 e. The van der Waals surface area contributed by atoms with Crippen LogP contribution >= 0.6 is 24.0 Å². The number of nitrogens with zero attached hydrogens (tertiary/aromatic N) is 1. The highest BCUT2D eigenvalue weighted by Gasteiger charge is 2.24. The van der Waals surface area contributed by atoms with Gasteiger partial charge in [-0.25, -0.2) is 4.79 Å². The maximum Gasteiger partial charge on any atom is 0.408 e. The van der Waals surface area contributed by atoms with Crippen molar-refractivity contribution in [2.24, 2.45) is 10.7 Å². The highest BCUT2D eigenvalue weighted by atomic mass is 127.